The van der Waals surface area contributed by atoms with Gasteiger partial charge in [-0.3, -0.25) is 4.98 Å². The van der Waals surface area contributed by atoms with Gasteiger partial charge in [0.25, 0.3) is 0 Å². The monoisotopic (exact) mass is 362 g/mol. The van der Waals surface area contributed by atoms with Crippen molar-refractivity contribution in [2.45, 2.75) is 26.9 Å². The number of hydrogen-bond acceptors (Lipinski definition) is 3. The molecule has 0 bridgehead atoms. The second-order valence-corrected chi connectivity index (χ2v) is 6.42. The second kappa shape index (κ2) is 8.98. The number of pyridine rings is 1. The molecule has 3 rings (SSSR count). The Morgan fingerprint density at radius 1 is 1.19 bits per heavy atom. The Hall–Kier alpha value is -3.15. The molecule has 1 aromatic carbocycles. The number of aliphatic imine (C=N–C) groups is 1. The molecule has 6 heteroatoms. The van der Waals surface area contributed by atoms with Crippen molar-refractivity contribution in [1.82, 2.24) is 25.0 Å². The van der Waals surface area contributed by atoms with E-state index < -0.39 is 0 Å². The summed E-state index contributed by atoms with van der Waals surface area (Å²) in [5.74, 6) is 0.856. The summed E-state index contributed by atoms with van der Waals surface area (Å²) in [4.78, 5) is 11.3. The fourth-order valence-corrected chi connectivity index (χ4v) is 2.82. The van der Waals surface area contributed by atoms with Crippen molar-refractivity contribution < 1.29 is 0 Å². The predicted octanol–water partition coefficient (Wildman–Crippen LogP) is 3.17. The number of aryl methyl sites for hydroxylation is 1. The van der Waals surface area contributed by atoms with Crippen molar-refractivity contribution in [2.75, 3.05) is 13.6 Å². The van der Waals surface area contributed by atoms with Gasteiger partial charge in [0, 0.05) is 38.1 Å². The van der Waals surface area contributed by atoms with E-state index in [2.05, 4.69) is 46.4 Å². The first-order valence-electron chi connectivity index (χ1n) is 9.16. The van der Waals surface area contributed by atoms with E-state index in [1.807, 2.05) is 60.5 Å². The van der Waals surface area contributed by atoms with Gasteiger partial charge in [-0.2, -0.15) is 5.10 Å². The Balaban J connectivity index is 1.70. The minimum Gasteiger partial charge on any atom is -0.357 e. The van der Waals surface area contributed by atoms with E-state index in [9.17, 15) is 0 Å². The van der Waals surface area contributed by atoms with Crippen LogP contribution in [-0.2, 0) is 13.1 Å². The number of nitrogens with one attached hydrogen (secondary N) is 1. The van der Waals surface area contributed by atoms with Crippen molar-refractivity contribution in [1.29, 1.82) is 0 Å². The van der Waals surface area contributed by atoms with Gasteiger partial charge < -0.3 is 10.2 Å². The van der Waals surface area contributed by atoms with Crippen molar-refractivity contribution in [3.05, 3.63) is 77.9 Å². The third-order valence-corrected chi connectivity index (χ3v) is 4.27. The summed E-state index contributed by atoms with van der Waals surface area (Å²) in [6.45, 7) is 6.23. The molecular weight excluding hydrogens is 336 g/mol. The number of rotatable bonds is 6. The summed E-state index contributed by atoms with van der Waals surface area (Å²) in [7, 11) is 2.03. The van der Waals surface area contributed by atoms with E-state index in [0.29, 0.717) is 6.54 Å². The molecule has 0 fully saturated rings. The van der Waals surface area contributed by atoms with E-state index in [-0.39, 0.29) is 0 Å². The van der Waals surface area contributed by atoms with E-state index >= 15 is 0 Å². The first-order chi connectivity index (χ1) is 13.2. The lowest BCUT2D eigenvalue weighted by Gasteiger charge is -2.21. The summed E-state index contributed by atoms with van der Waals surface area (Å²) in [5.41, 5.74) is 4.33. The fourth-order valence-electron chi connectivity index (χ4n) is 2.82. The minimum absolute atomic E-state index is 0.558. The van der Waals surface area contributed by atoms with Gasteiger partial charge in [0.15, 0.2) is 5.96 Å². The van der Waals surface area contributed by atoms with E-state index in [4.69, 9.17) is 4.99 Å². The molecule has 27 heavy (non-hydrogen) atoms. The predicted molar refractivity (Wildman–Crippen MR) is 109 cm³/mol. The van der Waals surface area contributed by atoms with Gasteiger partial charge in [-0.05, 0) is 37.6 Å². The Morgan fingerprint density at radius 3 is 2.74 bits per heavy atom. The van der Waals surface area contributed by atoms with Crippen LogP contribution in [0.3, 0.4) is 0 Å². The summed E-state index contributed by atoms with van der Waals surface area (Å²) < 4.78 is 1.89. The van der Waals surface area contributed by atoms with Crippen LogP contribution in [0.4, 0.5) is 0 Å². The van der Waals surface area contributed by atoms with Crippen molar-refractivity contribution >= 4 is 5.96 Å². The molecule has 0 saturated heterocycles. The second-order valence-electron chi connectivity index (χ2n) is 6.42. The maximum atomic E-state index is 4.75. The van der Waals surface area contributed by atoms with Gasteiger partial charge in [-0.25, -0.2) is 9.67 Å². The Labute approximate surface area is 160 Å². The Kier molecular flexibility index (Phi) is 6.20. The maximum absolute atomic E-state index is 4.75. The van der Waals surface area contributed by atoms with Crippen molar-refractivity contribution in [3.63, 3.8) is 0 Å². The molecular formula is C21H26N6. The molecule has 0 spiro atoms. The van der Waals surface area contributed by atoms with Crippen LogP contribution < -0.4 is 5.32 Å². The first kappa shape index (κ1) is 18.6. The van der Waals surface area contributed by atoms with Crippen molar-refractivity contribution in [3.8, 4) is 5.69 Å². The van der Waals surface area contributed by atoms with Gasteiger partial charge in [-0.1, -0.05) is 24.3 Å². The largest absolute Gasteiger partial charge is 0.357 e. The van der Waals surface area contributed by atoms with Gasteiger partial charge in [-0.15, -0.1) is 0 Å². The van der Waals surface area contributed by atoms with Crippen LogP contribution in [0.5, 0.6) is 0 Å². The molecule has 0 radical (unpaired) electrons. The zero-order valence-corrected chi connectivity index (χ0v) is 16.1. The highest BCUT2D eigenvalue weighted by molar-refractivity contribution is 5.79. The lowest BCUT2D eigenvalue weighted by atomic mass is 10.2. The molecule has 0 amide bonds. The van der Waals surface area contributed by atoms with Crippen molar-refractivity contribution in [2.24, 2.45) is 4.99 Å². The van der Waals surface area contributed by atoms with Gasteiger partial charge in [0.05, 0.1) is 24.1 Å². The molecule has 6 nitrogen and oxygen atoms in total. The molecule has 0 aliphatic carbocycles. The topological polar surface area (TPSA) is 58.3 Å². The average Bonchev–Trinajstić information content (AvgIpc) is 3.15. The summed E-state index contributed by atoms with van der Waals surface area (Å²) in [5, 5.41) is 7.82. The maximum Gasteiger partial charge on any atom is 0.194 e. The standard InChI is InChI=1S/C21H26N6/c1-4-22-21(24-14-20-17(2)9-8-12-23-20)26(3)15-18-13-25-27(16-18)19-10-6-5-7-11-19/h5-13,16H,4,14-15H2,1-3H3,(H,22,24). The smallest absolute Gasteiger partial charge is 0.194 e. The molecule has 140 valence electrons. The van der Waals surface area contributed by atoms with Crippen LogP contribution in [0.25, 0.3) is 5.69 Å². The molecule has 0 unspecified atom stereocenters. The third-order valence-electron chi connectivity index (χ3n) is 4.27. The minimum atomic E-state index is 0.558. The zero-order valence-electron chi connectivity index (χ0n) is 16.1. The number of hydrogen-bond donors (Lipinski definition) is 1. The van der Waals surface area contributed by atoms with Gasteiger partial charge >= 0.3 is 0 Å². The molecule has 2 aromatic heterocycles. The quantitative estimate of drug-likeness (QED) is 0.540. The van der Waals surface area contributed by atoms with E-state index in [1.54, 1.807) is 0 Å². The SMILES string of the molecule is CCNC(=NCc1ncccc1C)N(C)Cc1cnn(-c2ccccc2)c1. The van der Waals surface area contributed by atoms with Gasteiger partial charge in [0.2, 0.25) is 0 Å². The third kappa shape index (κ3) is 4.94. The molecule has 1 N–H and O–H groups in total. The number of aromatic nitrogens is 3. The molecule has 2 heterocycles. The Morgan fingerprint density at radius 2 is 2.00 bits per heavy atom. The zero-order chi connectivity index (χ0) is 19.1. The number of para-hydroxylation sites is 1. The van der Waals surface area contributed by atoms with Crippen LogP contribution >= 0.6 is 0 Å². The molecule has 3 aromatic rings. The highest BCUT2D eigenvalue weighted by atomic mass is 15.3. The van der Waals surface area contributed by atoms with Crippen LogP contribution in [0, 0.1) is 6.92 Å². The summed E-state index contributed by atoms with van der Waals surface area (Å²) in [6, 6.07) is 14.1. The first-order valence-corrected chi connectivity index (χ1v) is 9.16. The summed E-state index contributed by atoms with van der Waals surface area (Å²) in [6.07, 6.45) is 5.76. The average molecular weight is 362 g/mol. The summed E-state index contributed by atoms with van der Waals surface area (Å²) >= 11 is 0. The lowest BCUT2D eigenvalue weighted by Crippen LogP contribution is -2.38. The highest BCUT2D eigenvalue weighted by Gasteiger charge is 2.09. The van der Waals surface area contributed by atoms with Crippen LogP contribution in [0.15, 0.2) is 66.0 Å². The molecule has 0 aliphatic heterocycles. The normalized spacial score (nSPS) is 11.4. The number of guanidine groups is 1. The highest BCUT2D eigenvalue weighted by Crippen LogP contribution is 2.10. The van der Waals surface area contributed by atoms with Crippen LogP contribution in [0.1, 0.15) is 23.7 Å². The molecule has 0 atom stereocenters. The molecule has 0 aliphatic rings. The lowest BCUT2D eigenvalue weighted by molar-refractivity contribution is 0.476. The van der Waals surface area contributed by atoms with Gasteiger partial charge in [0.1, 0.15) is 0 Å². The fraction of sp³-hybridized carbons (Fsp3) is 0.286. The number of nitrogens with zero attached hydrogens (tertiary/aromatic N) is 5. The van der Waals surface area contributed by atoms with E-state index in [1.165, 1.54) is 0 Å². The van der Waals surface area contributed by atoms with E-state index in [0.717, 1.165) is 41.6 Å². The van der Waals surface area contributed by atoms with Crippen LogP contribution in [-0.4, -0.2) is 39.2 Å². The van der Waals surface area contributed by atoms with Crippen LogP contribution in [0.2, 0.25) is 0 Å². The Bertz CT molecular complexity index is 884. The number of benzene rings is 1. The molecule has 0 saturated carbocycles.